The maximum atomic E-state index is 13.5. The molecule has 1 aliphatic heterocycles. The molecule has 33 heavy (non-hydrogen) atoms. The third kappa shape index (κ3) is 4.16. The number of hydrogen-bond acceptors (Lipinski definition) is 2. The lowest BCUT2D eigenvalue weighted by atomic mass is 9.78. The van der Waals surface area contributed by atoms with Gasteiger partial charge in [0.15, 0.2) is 0 Å². The van der Waals surface area contributed by atoms with Crippen LogP contribution >= 0.6 is 11.6 Å². The normalized spacial score (nSPS) is 16.8. The Morgan fingerprint density at radius 2 is 1.61 bits per heavy atom. The van der Waals surface area contributed by atoms with Gasteiger partial charge in [0.05, 0.1) is 5.41 Å². The van der Waals surface area contributed by atoms with Crippen LogP contribution in [-0.4, -0.2) is 18.4 Å². The van der Waals surface area contributed by atoms with Gasteiger partial charge in [0.1, 0.15) is 0 Å². The first kappa shape index (κ1) is 21.7. The summed E-state index contributed by atoms with van der Waals surface area (Å²) in [7, 11) is 0. The first-order valence-corrected chi connectivity index (χ1v) is 12.0. The van der Waals surface area contributed by atoms with Crippen LogP contribution in [0.5, 0.6) is 0 Å². The number of rotatable bonds is 4. The van der Waals surface area contributed by atoms with E-state index in [2.05, 4.69) is 5.32 Å². The van der Waals surface area contributed by atoms with E-state index in [1.54, 1.807) is 0 Å². The molecule has 0 radical (unpaired) electrons. The van der Waals surface area contributed by atoms with Gasteiger partial charge in [-0.15, -0.1) is 0 Å². The summed E-state index contributed by atoms with van der Waals surface area (Å²) in [5, 5.41) is 3.87. The second-order valence-electron chi connectivity index (χ2n) is 9.02. The third-order valence-corrected chi connectivity index (χ3v) is 7.26. The number of aryl methyl sites for hydroxylation is 1. The van der Waals surface area contributed by atoms with Gasteiger partial charge in [-0.1, -0.05) is 54.8 Å². The Labute approximate surface area is 199 Å². The van der Waals surface area contributed by atoms with Gasteiger partial charge in [-0.05, 0) is 79.3 Å². The van der Waals surface area contributed by atoms with Gasteiger partial charge in [-0.25, -0.2) is 0 Å². The van der Waals surface area contributed by atoms with Crippen molar-refractivity contribution < 1.29 is 9.59 Å². The predicted molar refractivity (Wildman–Crippen MR) is 133 cm³/mol. The zero-order chi connectivity index (χ0) is 22.8. The van der Waals surface area contributed by atoms with Gasteiger partial charge in [0.25, 0.3) is 5.91 Å². The molecule has 0 spiro atoms. The number of hydrogen-bond donors (Lipinski definition) is 1. The van der Waals surface area contributed by atoms with E-state index in [0.29, 0.717) is 17.1 Å². The zero-order valence-electron chi connectivity index (χ0n) is 18.5. The van der Waals surface area contributed by atoms with Crippen molar-refractivity contribution in [3.8, 4) is 0 Å². The standard InChI is InChI=1S/C28H27ClN2O2/c29-23-12-10-22(11-13-23)28(16-4-5-17-28)27(33)30-24-14-15-25-21(19-24)9-6-18-31(25)26(32)20-7-2-1-3-8-20/h1-3,7-8,10-15,19H,4-6,9,16-18H2,(H,30,33). The summed E-state index contributed by atoms with van der Waals surface area (Å²) in [5.74, 6) is 0.0521. The molecule has 2 aliphatic rings. The van der Waals surface area contributed by atoms with Crippen LogP contribution in [0.15, 0.2) is 72.8 Å². The molecule has 3 aromatic rings. The highest BCUT2D eigenvalue weighted by Gasteiger charge is 2.42. The molecule has 0 atom stereocenters. The van der Waals surface area contributed by atoms with Crippen LogP contribution in [0.25, 0.3) is 0 Å². The molecule has 5 rings (SSSR count). The predicted octanol–water partition coefficient (Wildman–Crippen LogP) is 6.38. The molecule has 4 nitrogen and oxygen atoms in total. The number of nitrogens with zero attached hydrogens (tertiary/aromatic N) is 1. The van der Waals surface area contributed by atoms with E-state index in [-0.39, 0.29) is 11.8 Å². The molecule has 0 bridgehead atoms. The Bertz CT molecular complexity index is 1170. The average molecular weight is 459 g/mol. The fourth-order valence-electron chi connectivity index (χ4n) is 5.27. The molecule has 1 aliphatic carbocycles. The number of halogens is 1. The Hall–Kier alpha value is -3.11. The monoisotopic (exact) mass is 458 g/mol. The van der Waals surface area contributed by atoms with Crippen molar-refractivity contribution in [2.45, 2.75) is 43.9 Å². The summed E-state index contributed by atoms with van der Waals surface area (Å²) in [6.07, 6.45) is 5.54. The minimum Gasteiger partial charge on any atom is -0.325 e. The first-order valence-electron chi connectivity index (χ1n) is 11.6. The molecule has 0 unspecified atom stereocenters. The first-order chi connectivity index (χ1) is 16.1. The smallest absolute Gasteiger partial charge is 0.258 e. The van der Waals surface area contributed by atoms with Crippen molar-refractivity contribution >= 4 is 34.8 Å². The molecular weight excluding hydrogens is 432 g/mol. The van der Waals surface area contributed by atoms with Crippen molar-refractivity contribution in [2.75, 3.05) is 16.8 Å². The molecule has 1 N–H and O–H groups in total. The number of fused-ring (bicyclic) bond motifs is 1. The topological polar surface area (TPSA) is 49.4 Å². The molecule has 5 heteroatoms. The van der Waals surface area contributed by atoms with Gasteiger partial charge in [0.2, 0.25) is 5.91 Å². The number of carbonyl (C=O) groups excluding carboxylic acids is 2. The van der Waals surface area contributed by atoms with Crippen LogP contribution in [0.2, 0.25) is 5.02 Å². The van der Waals surface area contributed by atoms with Gasteiger partial charge in [-0.3, -0.25) is 9.59 Å². The van der Waals surface area contributed by atoms with E-state index in [1.165, 1.54) is 0 Å². The number of anilines is 2. The Balaban J connectivity index is 1.39. The van der Waals surface area contributed by atoms with E-state index >= 15 is 0 Å². The molecule has 0 aromatic heterocycles. The van der Waals surface area contributed by atoms with Crippen molar-refractivity contribution in [1.29, 1.82) is 0 Å². The fourth-order valence-corrected chi connectivity index (χ4v) is 5.39. The second kappa shape index (κ2) is 9.03. The largest absolute Gasteiger partial charge is 0.325 e. The van der Waals surface area contributed by atoms with Crippen molar-refractivity contribution in [3.63, 3.8) is 0 Å². The maximum Gasteiger partial charge on any atom is 0.258 e. The summed E-state index contributed by atoms with van der Waals surface area (Å²) in [5.41, 5.74) is 4.01. The lowest BCUT2D eigenvalue weighted by molar-refractivity contribution is -0.121. The minimum absolute atomic E-state index is 0.0148. The summed E-state index contributed by atoms with van der Waals surface area (Å²) in [4.78, 5) is 28.5. The number of benzene rings is 3. The highest BCUT2D eigenvalue weighted by molar-refractivity contribution is 6.30. The number of carbonyl (C=O) groups is 2. The molecule has 3 aromatic carbocycles. The van der Waals surface area contributed by atoms with E-state index in [9.17, 15) is 9.59 Å². The van der Waals surface area contributed by atoms with Crippen molar-refractivity contribution in [3.05, 3.63) is 94.5 Å². The van der Waals surface area contributed by atoms with Crippen LogP contribution < -0.4 is 10.2 Å². The molecule has 1 fully saturated rings. The van der Waals surface area contributed by atoms with Crippen LogP contribution in [0.4, 0.5) is 11.4 Å². The van der Waals surface area contributed by atoms with E-state index in [1.807, 2.05) is 77.7 Å². The van der Waals surface area contributed by atoms with E-state index < -0.39 is 5.41 Å². The summed E-state index contributed by atoms with van der Waals surface area (Å²) < 4.78 is 0. The number of nitrogens with one attached hydrogen (secondary N) is 1. The van der Waals surface area contributed by atoms with Crippen molar-refractivity contribution in [1.82, 2.24) is 0 Å². The minimum atomic E-state index is -0.518. The SMILES string of the molecule is O=C(c1ccccc1)N1CCCc2cc(NC(=O)C3(c4ccc(Cl)cc4)CCCC3)ccc21. The molecule has 168 valence electrons. The zero-order valence-corrected chi connectivity index (χ0v) is 19.3. The highest BCUT2D eigenvalue weighted by Crippen LogP contribution is 2.42. The maximum absolute atomic E-state index is 13.5. The molecule has 1 saturated carbocycles. The Morgan fingerprint density at radius 1 is 0.879 bits per heavy atom. The Kier molecular flexibility index (Phi) is 5.94. The molecule has 0 saturated heterocycles. The molecular formula is C28H27ClN2O2. The van der Waals surface area contributed by atoms with Crippen LogP contribution in [0.3, 0.4) is 0 Å². The summed E-state index contributed by atoms with van der Waals surface area (Å²) >= 11 is 6.09. The quantitative estimate of drug-likeness (QED) is 0.492. The lowest BCUT2D eigenvalue weighted by Crippen LogP contribution is -2.38. The van der Waals surface area contributed by atoms with Gasteiger partial charge in [-0.2, -0.15) is 0 Å². The molecule has 2 amide bonds. The Morgan fingerprint density at radius 3 is 2.33 bits per heavy atom. The van der Waals surface area contributed by atoms with E-state index in [4.69, 9.17) is 11.6 Å². The van der Waals surface area contributed by atoms with Gasteiger partial charge in [0, 0.05) is 28.5 Å². The van der Waals surface area contributed by atoms with Gasteiger partial charge < -0.3 is 10.2 Å². The van der Waals surface area contributed by atoms with Gasteiger partial charge >= 0.3 is 0 Å². The van der Waals surface area contributed by atoms with Crippen LogP contribution in [0.1, 0.15) is 53.6 Å². The van der Waals surface area contributed by atoms with Crippen molar-refractivity contribution in [2.24, 2.45) is 0 Å². The number of amides is 2. The van der Waals surface area contributed by atoms with E-state index in [0.717, 1.165) is 61.0 Å². The summed E-state index contributed by atoms with van der Waals surface area (Å²) in [6, 6.07) is 23.0. The average Bonchev–Trinajstić information content (AvgIpc) is 3.35. The fraction of sp³-hybridized carbons (Fsp3) is 0.286. The third-order valence-electron chi connectivity index (χ3n) is 7.01. The second-order valence-corrected chi connectivity index (χ2v) is 9.46. The lowest BCUT2D eigenvalue weighted by Gasteiger charge is -2.31. The van der Waals surface area contributed by atoms with Crippen LogP contribution in [-0.2, 0) is 16.6 Å². The molecule has 1 heterocycles. The highest BCUT2D eigenvalue weighted by atomic mass is 35.5. The van der Waals surface area contributed by atoms with Crippen LogP contribution in [0, 0.1) is 0 Å². The summed E-state index contributed by atoms with van der Waals surface area (Å²) in [6.45, 7) is 0.701.